The lowest BCUT2D eigenvalue weighted by Gasteiger charge is -2.29. The Balaban J connectivity index is 1.45. The third-order valence-electron chi connectivity index (χ3n) is 5.29. The average molecular weight is 467 g/mol. The van der Waals surface area contributed by atoms with Gasteiger partial charge in [0.1, 0.15) is 11.5 Å². The van der Waals surface area contributed by atoms with Crippen LogP contribution in [0.1, 0.15) is 20.4 Å². The van der Waals surface area contributed by atoms with Crippen LogP contribution in [0.25, 0.3) is 0 Å². The topological polar surface area (TPSA) is 114 Å². The van der Waals surface area contributed by atoms with Crippen LogP contribution in [0.15, 0.2) is 47.5 Å². The number of hydrogen-bond acceptors (Lipinski definition) is 7. The van der Waals surface area contributed by atoms with Crippen molar-refractivity contribution < 1.29 is 14.3 Å². The number of benzene rings is 2. The highest BCUT2D eigenvalue weighted by Crippen LogP contribution is 2.29. The van der Waals surface area contributed by atoms with Gasteiger partial charge in [-0.3, -0.25) is 9.79 Å². The van der Waals surface area contributed by atoms with E-state index in [1.54, 1.807) is 39.5 Å². The van der Waals surface area contributed by atoms with Crippen LogP contribution in [-0.4, -0.2) is 49.6 Å². The van der Waals surface area contributed by atoms with Crippen LogP contribution < -0.4 is 25.8 Å². The summed E-state index contributed by atoms with van der Waals surface area (Å²) in [4.78, 5) is 25.0. The molecule has 0 aliphatic carbocycles. The highest BCUT2D eigenvalue weighted by molar-refractivity contribution is 7.13. The molecule has 4 N–H and O–H groups in total. The molecule has 0 atom stereocenters. The fourth-order valence-corrected chi connectivity index (χ4v) is 4.52. The number of nitrogens with two attached hydrogens (primary N) is 1. The van der Waals surface area contributed by atoms with E-state index in [0.717, 1.165) is 40.9 Å². The first-order valence-electron chi connectivity index (χ1n) is 10.4. The fourth-order valence-electron chi connectivity index (χ4n) is 3.50. The summed E-state index contributed by atoms with van der Waals surface area (Å²) >= 11 is 1.39. The highest BCUT2D eigenvalue weighted by Gasteiger charge is 2.25. The number of fused-ring (bicyclic) bond motifs is 1. The Hall–Kier alpha value is -3.79. The normalized spacial score (nSPS) is 13.3. The van der Waals surface area contributed by atoms with E-state index >= 15 is 0 Å². The Labute approximate surface area is 196 Å². The molecule has 1 aliphatic rings. The fraction of sp³-hybridized carbons (Fsp3) is 0.261. The summed E-state index contributed by atoms with van der Waals surface area (Å²) in [5.74, 6) is 1.88. The minimum Gasteiger partial charge on any atom is -0.497 e. The highest BCUT2D eigenvalue weighted by atomic mass is 32.1. The molecular weight excluding hydrogens is 440 g/mol. The molecule has 172 valence electrons. The van der Waals surface area contributed by atoms with Crippen molar-refractivity contribution >= 4 is 40.3 Å². The number of rotatable bonds is 5. The second-order valence-electron chi connectivity index (χ2n) is 7.37. The lowest BCUT2D eigenvalue weighted by atomic mass is 10.2. The van der Waals surface area contributed by atoms with Gasteiger partial charge in [0.05, 0.1) is 37.8 Å². The van der Waals surface area contributed by atoms with E-state index in [1.807, 2.05) is 24.3 Å². The summed E-state index contributed by atoms with van der Waals surface area (Å²) in [6.45, 7) is 1.37. The van der Waals surface area contributed by atoms with Gasteiger partial charge in [0, 0.05) is 36.6 Å². The molecule has 0 fully saturated rings. The molecule has 1 amide bonds. The van der Waals surface area contributed by atoms with Crippen LogP contribution >= 0.6 is 11.3 Å². The molecule has 0 saturated heterocycles. The van der Waals surface area contributed by atoms with E-state index < -0.39 is 0 Å². The standard InChI is InChI=1S/C23H26N6O3S/c1-25-23(26-14-4-6-15(31-2)7-5-14)29-11-10-18-20(13-29)33-22(28-18)21(30)27-19-12-16(32-3)8-9-17(19)24/h4-9,12H,10-11,13,24H2,1-3H3,(H,25,26)(H,27,30). The predicted molar refractivity (Wildman–Crippen MR) is 132 cm³/mol. The number of nitrogens with zero attached hydrogens (tertiary/aromatic N) is 3. The molecule has 0 saturated carbocycles. The maximum atomic E-state index is 12.8. The Bertz CT molecular complexity index is 1180. The zero-order valence-corrected chi connectivity index (χ0v) is 19.5. The van der Waals surface area contributed by atoms with E-state index in [9.17, 15) is 4.79 Å². The number of hydrogen-bond donors (Lipinski definition) is 3. The molecule has 0 spiro atoms. The maximum absolute atomic E-state index is 12.8. The SMILES string of the molecule is C/N=C(/Nc1ccc(OC)cc1)N1CCc2nc(C(=O)Nc3cc(OC)ccc3N)sc2C1. The summed E-state index contributed by atoms with van der Waals surface area (Å²) < 4.78 is 10.4. The molecule has 9 nitrogen and oxygen atoms in total. The predicted octanol–water partition coefficient (Wildman–Crippen LogP) is 3.45. The first kappa shape index (κ1) is 22.4. The van der Waals surface area contributed by atoms with E-state index in [2.05, 4.69) is 25.5 Å². The van der Waals surface area contributed by atoms with Gasteiger partial charge in [0.2, 0.25) is 0 Å². The minimum atomic E-state index is -0.290. The van der Waals surface area contributed by atoms with Crippen molar-refractivity contribution in [3.05, 3.63) is 58.0 Å². The van der Waals surface area contributed by atoms with Gasteiger partial charge in [0.25, 0.3) is 5.91 Å². The molecule has 1 aromatic heterocycles. The van der Waals surface area contributed by atoms with Gasteiger partial charge in [-0.2, -0.15) is 0 Å². The molecule has 0 unspecified atom stereocenters. The molecule has 2 heterocycles. The first-order valence-corrected chi connectivity index (χ1v) is 11.2. The van der Waals surface area contributed by atoms with Crippen molar-refractivity contribution in [1.29, 1.82) is 0 Å². The number of aliphatic imine (C=N–C) groups is 1. The van der Waals surface area contributed by atoms with Gasteiger partial charge in [-0.1, -0.05) is 0 Å². The van der Waals surface area contributed by atoms with Crippen LogP contribution in [0.3, 0.4) is 0 Å². The second kappa shape index (κ2) is 9.78. The van der Waals surface area contributed by atoms with Gasteiger partial charge in [0.15, 0.2) is 11.0 Å². The zero-order valence-electron chi connectivity index (χ0n) is 18.7. The number of carbonyl (C=O) groups excluding carboxylic acids is 1. The number of nitrogen functional groups attached to an aromatic ring is 1. The van der Waals surface area contributed by atoms with Crippen molar-refractivity contribution in [3.8, 4) is 11.5 Å². The van der Waals surface area contributed by atoms with E-state index in [4.69, 9.17) is 15.2 Å². The Morgan fingerprint density at radius 3 is 2.55 bits per heavy atom. The second-order valence-corrected chi connectivity index (χ2v) is 8.45. The summed E-state index contributed by atoms with van der Waals surface area (Å²) in [5, 5.41) is 6.61. The zero-order chi connectivity index (χ0) is 23.4. The molecule has 2 aromatic carbocycles. The monoisotopic (exact) mass is 466 g/mol. The minimum absolute atomic E-state index is 0.290. The number of carbonyl (C=O) groups is 1. The maximum Gasteiger partial charge on any atom is 0.284 e. The summed E-state index contributed by atoms with van der Waals surface area (Å²) in [7, 11) is 4.96. The van der Waals surface area contributed by atoms with Gasteiger partial charge in [-0.15, -0.1) is 11.3 Å². The van der Waals surface area contributed by atoms with Crippen LogP contribution in [-0.2, 0) is 13.0 Å². The van der Waals surface area contributed by atoms with Crippen molar-refractivity contribution in [2.45, 2.75) is 13.0 Å². The lowest BCUT2D eigenvalue weighted by Crippen LogP contribution is -2.39. The van der Waals surface area contributed by atoms with E-state index in [1.165, 1.54) is 11.3 Å². The van der Waals surface area contributed by atoms with Crippen molar-refractivity contribution in [2.75, 3.05) is 44.2 Å². The number of aromatic nitrogens is 1. The molecule has 3 aromatic rings. The largest absolute Gasteiger partial charge is 0.497 e. The third kappa shape index (κ3) is 5.01. The number of ether oxygens (including phenoxy) is 2. The number of methoxy groups -OCH3 is 2. The number of amides is 1. The van der Waals surface area contributed by atoms with Crippen molar-refractivity contribution in [1.82, 2.24) is 9.88 Å². The Kier molecular flexibility index (Phi) is 6.64. The number of nitrogens with one attached hydrogen (secondary N) is 2. The molecule has 1 aliphatic heterocycles. The number of anilines is 3. The van der Waals surface area contributed by atoms with Crippen molar-refractivity contribution in [2.24, 2.45) is 4.99 Å². The Morgan fingerprint density at radius 1 is 1.12 bits per heavy atom. The number of guanidine groups is 1. The van der Waals surface area contributed by atoms with E-state index in [0.29, 0.717) is 28.7 Å². The molecule has 0 bridgehead atoms. The summed E-state index contributed by atoms with van der Waals surface area (Å²) in [6.07, 6.45) is 0.726. The Morgan fingerprint density at radius 2 is 1.85 bits per heavy atom. The summed E-state index contributed by atoms with van der Waals surface area (Å²) in [6, 6.07) is 12.8. The molecule has 10 heteroatoms. The molecule has 4 rings (SSSR count). The molecule has 0 radical (unpaired) electrons. The quantitative estimate of drug-likeness (QED) is 0.300. The first-order chi connectivity index (χ1) is 16.0. The number of thiazole rings is 1. The molecular formula is C23H26N6O3S. The van der Waals surface area contributed by atoms with E-state index in [-0.39, 0.29) is 5.91 Å². The average Bonchev–Trinajstić information content (AvgIpc) is 3.28. The van der Waals surface area contributed by atoms with Crippen LogP contribution in [0.5, 0.6) is 11.5 Å². The van der Waals surface area contributed by atoms with Crippen LogP contribution in [0.4, 0.5) is 17.1 Å². The summed E-state index contributed by atoms with van der Waals surface area (Å²) in [5.41, 5.74) is 8.82. The van der Waals surface area contributed by atoms with Gasteiger partial charge >= 0.3 is 0 Å². The van der Waals surface area contributed by atoms with Gasteiger partial charge < -0.3 is 30.7 Å². The van der Waals surface area contributed by atoms with Crippen molar-refractivity contribution in [3.63, 3.8) is 0 Å². The smallest absolute Gasteiger partial charge is 0.284 e. The molecule has 33 heavy (non-hydrogen) atoms. The lowest BCUT2D eigenvalue weighted by molar-refractivity contribution is 0.102. The van der Waals surface area contributed by atoms with Gasteiger partial charge in [-0.05, 0) is 36.4 Å². The van der Waals surface area contributed by atoms with Crippen LogP contribution in [0, 0.1) is 0 Å². The third-order valence-corrected chi connectivity index (χ3v) is 6.37. The van der Waals surface area contributed by atoms with Gasteiger partial charge in [-0.25, -0.2) is 4.98 Å². The van der Waals surface area contributed by atoms with Crippen LogP contribution in [0.2, 0.25) is 0 Å².